The molecule has 0 heterocycles. The van der Waals surface area contributed by atoms with E-state index in [1.807, 2.05) is 7.05 Å². The van der Waals surface area contributed by atoms with Gasteiger partial charge in [-0.1, -0.05) is 0 Å². The highest BCUT2D eigenvalue weighted by Gasteiger charge is 2.25. The van der Waals surface area contributed by atoms with Crippen LogP contribution in [-0.4, -0.2) is 48.1 Å². The Balaban J connectivity index is 2.05. The van der Waals surface area contributed by atoms with Crippen LogP contribution in [-0.2, 0) is 9.59 Å². The van der Waals surface area contributed by atoms with E-state index < -0.39 is 11.9 Å². The summed E-state index contributed by atoms with van der Waals surface area (Å²) < 4.78 is 0. The molecule has 0 atom stereocenters. The molecule has 74 valence electrons. The predicted molar refractivity (Wildman–Crippen MR) is 46.3 cm³/mol. The summed E-state index contributed by atoms with van der Waals surface area (Å²) in [4.78, 5) is 22.8. The van der Waals surface area contributed by atoms with Gasteiger partial charge < -0.3 is 15.3 Å². The maximum atomic E-state index is 10.6. The van der Waals surface area contributed by atoms with Gasteiger partial charge in [0.15, 0.2) is 0 Å². The molecule has 0 saturated heterocycles. The van der Waals surface area contributed by atoms with Crippen LogP contribution in [0.4, 0.5) is 0 Å². The second-order valence-corrected chi connectivity index (χ2v) is 3.27. The van der Waals surface area contributed by atoms with Crippen molar-refractivity contribution in [1.29, 1.82) is 0 Å². The Morgan fingerprint density at radius 3 is 2.62 bits per heavy atom. The molecule has 0 radical (unpaired) electrons. The summed E-state index contributed by atoms with van der Waals surface area (Å²) in [5.41, 5.74) is 0. The Labute approximate surface area is 76.7 Å². The van der Waals surface area contributed by atoms with Crippen LogP contribution in [0.1, 0.15) is 12.8 Å². The number of carboxylic acids is 1. The van der Waals surface area contributed by atoms with E-state index in [-0.39, 0.29) is 0 Å². The van der Waals surface area contributed by atoms with Crippen LogP contribution < -0.4 is 5.32 Å². The summed E-state index contributed by atoms with van der Waals surface area (Å²) >= 11 is 0. The number of amides is 1. The first-order valence-electron chi connectivity index (χ1n) is 4.32. The minimum atomic E-state index is -1.42. The van der Waals surface area contributed by atoms with E-state index in [1.165, 1.54) is 12.8 Å². The van der Waals surface area contributed by atoms with E-state index in [2.05, 4.69) is 10.2 Å². The molecule has 0 aromatic rings. The summed E-state index contributed by atoms with van der Waals surface area (Å²) in [6.45, 7) is 1.11. The van der Waals surface area contributed by atoms with E-state index in [0.29, 0.717) is 19.1 Å². The van der Waals surface area contributed by atoms with Gasteiger partial charge in [-0.15, -0.1) is 0 Å². The van der Waals surface area contributed by atoms with Gasteiger partial charge in [0.2, 0.25) is 0 Å². The van der Waals surface area contributed by atoms with Gasteiger partial charge in [-0.25, -0.2) is 4.79 Å². The molecular weight excluding hydrogens is 172 g/mol. The molecule has 2 N–H and O–H groups in total. The van der Waals surface area contributed by atoms with Gasteiger partial charge >= 0.3 is 11.9 Å². The molecule has 1 fully saturated rings. The molecule has 0 spiro atoms. The molecule has 1 rings (SSSR count). The maximum absolute atomic E-state index is 10.6. The largest absolute Gasteiger partial charge is 0.474 e. The smallest absolute Gasteiger partial charge is 0.394 e. The first kappa shape index (κ1) is 9.98. The molecule has 5 heteroatoms. The van der Waals surface area contributed by atoms with Crippen molar-refractivity contribution in [2.75, 3.05) is 20.1 Å². The van der Waals surface area contributed by atoms with Gasteiger partial charge in [0.05, 0.1) is 0 Å². The average molecular weight is 186 g/mol. The summed E-state index contributed by atoms with van der Waals surface area (Å²) in [5, 5.41) is 10.6. The highest BCUT2D eigenvalue weighted by molar-refractivity contribution is 6.31. The van der Waals surface area contributed by atoms with Crippen molar-refractivity contribution in [2.24, 2.45) is 0 Å². The minimum Gasteiger partial charge on any atom is -0.474 e. The van der Waals surface area contributed by atoms with Crippen LogP contribution in [0, 0.1) is 0 Å². The monoisotopic (exact) mass is 186 g/mol. The van der Waals surface area contributed by atoms with E-state index in [0.717, 1.165) is 0 Å². The summed E-state index contributed by atoms with van der Waals surface area (Å²) in [6.07, 6.45) is 2.42. The Bertz CT molecular complexity index is 213. The van der Waals surface area contributed by atoms with Crippen LogP contribution in [0.2, 0.25) is 0 Å². The molecular formula is C8H14N2O3. The Kier molecular flexibility index (Phi) is 3.25. The van der Waals surface area contributed by atoms with Gasteiger partial charge in [-0.3, -0.25) is 4.79 Å². The number of nitrogens with one attached hydrogen (secondary N) is 1. The topological polar surface area (TPSA) is 69.6 Å². The minimum absolute atomic E-state index is 0.401. The lowest BCUT2D eigenvalue weighted by molar-refractivity contribution is -0.150. The molecule has 1 saturated carbocycles. The predicted octanol–water partition coefficient (Wildman–Crippen LogP) is -0.719. The zero-order chi connectivity index (χ0) is 9.84. The van der Waals surface area contributed by atoms with Crippen LogP contribution in [0.25, 0.3) is 0 Å². The van der Waals surface area contributed by atoms with Gasteiger partial charge in [0.25, 0.3) is 0 Å². The Morgan fingerprint density at radius 1 is 1.54 bits per heavy atom. The number of hydrogen-bond donors (Lipinski definition) is 2. The fraction of sp³-hybridized carbons (Fsp3) is 0.750. The molecule has 1 aliphatic carbocycles. The highest BCUT2D eigenvalue weighted by Crippen LogP contribution is 2.24. The summed E-state index contributed by atoms with van der Waals surface area (Å²) in [7, 11) is 1.98. The molecule has 13 heavy (non-hydrogen) atoms. The number of carboxylic acid groups (broad SMARTS) is 1. The van der Waals surface area contributed by atoms with Gasteiger partial charge in [-0.2, -0.15) is 0 Å². The summed E-state index contributed by atoms with van der Waals surface area (Å²) in [6, 6.07) is 0.640. The van der Waals surface area contributed by atoms with Gasteiger partial charge in [-0.05, 0) is 19.9 Å². The SMILES string of the molecule is CN(CCNC(=O)C(=O)O)C1CC1. The number of carbonyl (C=O) groups is 2. The highest BCUT2D eigenvalue weighted by atomic mass is 16.4. The third-order valence-corrected chi connectivity index (χ3v) is 2.11. The number of likely N-dealkylation sites (N-methyl/N-ethyl adjacent to an activating group) is 1. The summed E-state index contributed by atoms with van der Waals surface area (Å²) in [5.74, 6) is -2.35. The quantitative estimate of drug-likeness (QED) is 0.568. The molecule has 0 bridgehead atoms. The second kappa shape index (κ2) is 4.23. The van der Waals surface area contributed by atoms with Gasteiger partial charge in [0, 0.05) is 19.1 Å². The molecule has 0 unspecified atom stereocenters. The zero-order valence-electron chi connectivity index (χ0n) is 7.62. The van der Waals surface area contributed by atoms with E-state index in [9.17, 15) is 9.59 Å². The maximum Gasteiger partial charge on any atom is 0.394 e. The Morgan fingerprint density at radius 2 is 2.15 bits per heavy atom. The van der Waals surface area contributed by atoms with Crippen LogP contribution >= 0.6 is 0 Å². The van der Waals surface area contributed by atoms with Crippen molar-refractivity contribution in [1.82, 2.24) is 10.2 Å². The van der Waals surface area contributed by atoms with Crippen molar-refractivity contribution >= 4 is 11.9 Å². The van der Waals surface area contributed by atoms with Crippen LogP contribution in [0.3, 0.4) is 0 Å². The van der Waals surface area contributed by atoms with Crippen LogP contribution in [0.5, 0.6) is 0 Å². The normalized spacial score (nSPS) is 15.8. The van der Waals surface area contributed by atoms with Crippen LogP contribution in [0.15, 0.2) is 0 Å². The Hall–Kier alpha value is -1.10. The number of rotatable bonds is 4. The number of aliphatic carboxylic acids is 1. The molecule has 0 aliphatic heterocycles. The number of hydrogen-bond acceptors (Lipinski definition) is 3. The van der Waals surface area contributed by atoms with Crippen molar-refractivity contribution in [3.05, 3.63) is 0 Å². The third kappa shape index (κ3) is 3.42. The van der Waals surface area contributed by atoms with Crippen molar-refractivity contribution < 1.29 is 14.7 Å². The van der Waals surface area contributed by atoms with Crippen molar-refractivity contribution in [3.63, 3.8) is 0 Å². The molecule has 1 aliphatic rings. The van der Waals surface area contributed by atoms with Crippen molar-refractivity contribution in [3.8, 4) is 0 Å². The molecule has 0 aromatic heterocycles. The van der Waals surface area contributed by atoms with E-state index in [4.69, 9.17) is 5.11 Å². The number of nitrogens with zero attached hydrogens (tertiary/aromatic N) is 1. The lowest BCUT2D eigenvalue weighted by Gasteiger charge is -2.14. The zero-order valence-corrected chi connectivity index (χ0v) is 7.62. The fourth-order valence-corrected chi connectivity index (χ4v) is 1.12. The fourth-order valence-electron chi connectivity index (χ4n) is 1.12. The lowest BCUT2D eigenvalue weighted by atomic mass is 10.5. The van der Waals surface area contributed by atoms with E-state index >= 15 is 0 Å². The first-order chi connectivity index (χ1) is 6.11. The molecule has 1 amide bonds. The van der Waals surface area contributed by atoms with Crippen molar-refractivity contribution in [2.45, 2.75) is 18.9 Å². The van der Waals surface area contributed by atoms with E-state index in [1.54, 1.807) is 0 Å². The average Bonchev–Trinajstić information content (AvgIpc) is 2.85. The second-order valence-electron chi connectivity index (χ2n) is 3.27. The first-order valence-corrected chi connectivity index (χ1v) is 4.32. The van der Waals surface area contributed by atoms with Gasteiger partial charge in [0.1, 0.15) is 0 Å². The standard InChI is InChI=1S/C8H14N2O3/c1-10(6-2-3-6)5-4-9-7(11)8(12)13/h6H,2-5H2,1H3,(H,9,11)(H,12,13). The molecule has 0 aromatic carbocycles. The third-order valence-electron chi connectivity index (χ3n) is 2.11. The molecule has 5 nitrogen and oxygen atoms in total. The lowest BCUT2D eigenvalue weighted by Crippen LogP contribution is -2.37. The number of carbonyl (C=O) groups excluding carboxylic acids is 1.